The number of pyridine rings is 1. The second-order valence-corrected chi connectivity index (χ2v) is 7.32. The van der Waals surface area contributed by atoms with E-state index >= 15 is 0 Å². The minimum Gasteiger partial charge on any atom is -0.508 e. The van der Waals surface area contributed by atoms with E-state index in [0.717, 1.165) is 21.7 Å². The smallest absolute Gasteiger partial charge is 0.115 e. The van der Waals surface area contributed by atoms with Crippen LogP contribution in [-0.4, -0.2) is 10.1 Å². The fraction of sp³-hybridized carbons (Fsp3) is 0. The minimum atomic E-state index is 0.285. The summed E-state index contributed by atoms with van der Waals surface area (Å²) in [6, 6.07) is 28.3. The van der Waals surface area contributed by atoms with Gasteiger partial charge in [-0.2, -0.15) is 0 Å². The van der Waals surface area contributed by atoms with Gasteiger partial charge in [-0.1, -0.05) is 42.5 Å². The zero-order valence-electron chi connectivity index (χ0n) is 13.9. The van der Waals surface area contributed by atoms with Crippen molar-refractivity contribution in [1.82, 2.24) is 4.98 Å². The summed E-state index contributed by atoms with van der Waals surface area (Å²) >= 11 is 1.72. The van der Waals surface area contributed by atoms with Crippen molar-refractivity contribution in [3.8, 4) is 26.8 Å². The number of phenolic OH excluding ortho intramolecular Hbond substituents is 1. The van der Waals surface area contributed by atoms with Gasteiger partial charge in [-0.25, -0.2) is 4.98 Å². The predicted molar refractivity (Wildman–Crippen MR) is 110 cm³/mol. The van der Waals surface area contributed by atoms with E-state index in [4.69, 9.17) is 4.98 Å². The lowest BCUT2D eigenvalue weighted by molar-refractivity contribution is 0.475. The topological polar surface area (TPSA) is 33.1 Å². The van der Waals surface area contributed by atoms with Gasteiger partial charge in [0.25, 0.3) is 0 Å². The molecule has 3 heteroatoms. The van der Waals surface area contributed by atoms with Crippen molar-refractivity contribution in [2.45, 2.75) is 0 Å². The highest BCUT2D eigenvalue weighted by atomic mass is 32.1. The first-order valence-corrected chi connectivity index (χ1v) is 9.28. The Kier molecular flexibility index (Phi) is 3.47. The number of rotatable bonds is 2. The van der Waals surface area contributed by atoms with Crippen LogP contribution in [0.4, 0.5) is 0 Å². The van der Waals surface area contributed by atoms with Gasteiger partial charge in [0.15, 0.2) is 0 Å². The Morgan fingerprint density at radius 3 is 2.08 bits per heavy atom. The molecule has 2 nitrogen and oxygen atoms in total. The minimum absolute atomic E-state index is 0.285. The molecule has 0 aliphatic rings. The van der Waals surface area contributed by atoms with Crippen molar-refractivity contribution in [3.63, 3.8) is 0 Å². The number of phenols is 1. The molecule has 0 spiro atoms. The van der Waals surface area contributed by atoms with Crippen LogP contribution in [-0.2, 0) is 0 Å². The van der Waals surface area contributed by atoms with Crippen molar-refractivity contribution >= 4 is 33.0 Å². The molecule has 0 unspecified atom stereocenters. The highest BCUT2D eigenvalue weighted by molar-refractivity contribution is 7.18. The summed E-state index contributed by atoms with van der Waals surface area (Å²) in [4.78, 5) is 7.28. The van der Waals surface area contributed by atoms with Crippen LogP contribution in [0, 0.1) is 0 Å². The summed E-state index contributed by atoms with van der Waals surface area (Å²) in [5.74, 6) is 0.285. The Morgan fingerprint density at radius 2 is 1.27 bits per heavy atom. The fourth-order valence-corrected chi connectivity index (χ4v) is 4.35. The zero-order valence-corrected chi connectivity index (χ0v) is 14.7. The lowest BCUT2D eigenvalue weighted by Crippen LogP contribution is -1.87. The second-order valence-electron chi connectivity index (χ2n) is 6.23. The predicted octanol–water partition coefficient (Wildman–Crippen LogP) is 6.49. The molecule has 0 saturated heterocycles. The number of hydrogen-bond acceptors (Lipinski definition) is 3. The van der Waals surface area contributed by atoms with E-state index in [9.17, 15) is 5.11 Å². The first-order chi connectivity index (χ1) is 12.8. The van der Waals surface area contributed by atoms with Gasteiger partial charge >= 0.3 is 0 Å². The zero-order chi connectivity index (χ0) is 17.5. The van der Waals surface area contributed by atoms with Crippen LogP contribution >= 0.6 is 11.3 Å². The molecule has 0 radical (unpaired) electrons. The van der Waals surface area contributed by atoms with Crippen molar-refractivity contribution < 1.29 is 5.11 Å². The number of aromatic hydroxyl groups is 1. The summed E-state index contributed by atoms with van der Waals surface area (Å²) in [5, 5.41) is 13.1. The molecule has 0 saturated carbocycles. The van der Waals surface area contributed by atoms with Crippen LogP contribution < -0.4 is 0 Å². The van der Waals surface area contributed by atoms with E-state index in [-0.39, 0.29) is 5.75 Å². The van der Waals surface area contributed by atoms with Gasteiger partial charge < -0.3 is 5.11 Å². The Bertz CT molecular complexity index is 1240. The van der Waals surface area contributed by atoms with E-state index in [2.05, 4.69) is 54.6 Å². The van der Waals surface area contributed by atoms with Crippen molar-refractivity contribution in [3.05, 3.63) is 84.9 Å². The maximum Gasteiger partial charge on any atom is 0.115 e. The third kappa shape index (κ3) is 2.45. The molecule has 5 rings (SSSR count). The van der Waals surface area contributed by atoms with Gasteiger partial charge in [0.2, 0.25) is 0 Å². The molecule has 124 valence electrons. The SMILES string of the molecule is Oc1ccc(-c2ccc(-c3nc4ccccc4c4ccccc34)s2)cc1. The summed E-state index contributed by atoms with van der Waals surface area (Å²) < 4.78 is 0. The molecule has 26 heavy (non-hydrogen) atoms. The highest BCUT2D eigenvalue weighted by Gasteiger charge is 2.12. The third-order valence-electron chi connectivity index (χ3n) is 4.60. The Balaban J connectivity index is 1.72. The van der Waals surface area contributed by atoms with E-state index in [1.807, 2.05) is 18.2 Å². The molecule has 0 amide bonds. The van der Waals surface area contributed by atoms with E-state index < -0.39 is 0 Å². The van der Waals surface area contributed by atoms with Gasteiger partial charge in [-0.15, -0.1) is 11.3 Å². The Labute approximate surface area is 155 Å². The van der Waals surface area contributed by atoms with E-state index in [0.29, 0.717) is 0 Å². The third-order valence-corrected chi connectivity index (χ3v) is 5.74. The Hall–Kier alpha value is -3.17. The highest BCUT2D eigenvalue weighted by Crippen LogP contribution is 2.38. The number of aromatic nitrogens is 1. The van der Waals surface area contributed by atoms with Crippen LogP contribution in [0.3, 0.4) is 0 Å². The normalized spacial score (nSPS) is 11.2. The quantitative estimate of drug-likeness (QED) is 0.368. The number of benzene rings is 3. The van der Waals surface area contributed by atoms with Crippen LogP contribution in [0.2, 0.25) is 0 Å². The van der Waals surface area contributed by atoms with Crippen LogP contribution in [0.1, 0.15) is 0 Å². The average Bonchev–Trinajstić information content (AvgIpc) is 3.18. The summed E-state index contributed by atoms with van der Waals surface area (Å²) in [7, 11) is 0. The van der Waals surface area contributed by atoms with Crippen LogP contribution in [0.25, 0.3) is 42.7 Å². The second kappa shape index (κ2) is 5.97. The van der Waals surface area contributed by atoms with Gasteiger partial charge in [-0.3, -0.25) is 0 Å². The van der Waals surface area contributed by atoms with Gasteiger partial charge in [0, 0.05) is 15.6 Å². The number of para-hydroxylation sites is 1. The summed E-state index contributed by atoms with van der Waals surface area (Å²) in [6.45, 7) is 0. The molecule has 5 aromatic rings. The maximum absolute atomic E-state index is 9.50. The molecule has 0 atom stereocenters. The van der Waals surface area contributed by atoms with Crippen molar-refractivity contribution in [1.29, 1.82) is 0 Å². The van der Waals surface area contributed by atoms with Crippen LogP contribution in [0.15, 0.2) is 84.9 Å². The average molecular weight is 353 g/mol. The number of fused-ring (bicyclic) bond motifs is 3. The molecular weight excluding hydrogens is 338 g/mol. The van der Waals surface area contributed by atoms with Gasteiger partial charge in [-0.05, 0) is 53.4 Å². The first-order valence-electron chi connectivity index (χ1n) is 8.47. The fourth-order valence-electron chi connectivity index (χ4n) is 3.34. The molecule has 0 aliphatic heterocycles. The lowest BCUT2D eigenvalue weighted by Gasteiger charge is -2.08. The van der Waals surface area contributed by atoms with Gasteiger partial charge in [0.05, 0.1) is 16.1 Å². The first kappa shape index (κ1) is 15.1. The maximum atomic E-state index is 9.50. The standard InChI is InChI=1S/C23H15NOS/c25-16-11-9-15(10-12-16)21-13-14-22(26-21)23-19-7-2-1-5-17(19)18-6-3-4-8-20(18)24-23/h1-14,25H. The van der Waals surface area contributed by atoms with E-state index in [1.54, 1.807) is 23.5 Å². The van der Waals surface area contributed by atoms with Crippen molar-refractivity contribution in [2.75, 3.05) is 0 Å². The summed E-state index contributed by atoms with van der Waals surface area (Å²) in [6.07, 6.45) is 0. The van der Waals surface area contributed by atoms with E-state index in [1.165, 1.54) is 21.0 Å². The molecule has 2 heterocycles. The van der Waals surface area contributed by atoms with Gasteiger partial charge in [0.1, 0.15) is 5.75 Å². The summed E-state index contributed by atoms with van der Waals surface area (Å²) in [5.41, 5.74) is 3.14. The van der Waals surface area contributed by atoms with Crippen LogP contribution in [0.5, 0.6) is 5.75 Å². The number of thiophene rings is 1. The molecule has 0 aliphatic carbocycles. The Morgan fingerprint density at radius 1 is 0.615 bits per heavy atom. The number of nitrogens with zero attached hydrogens (tertiary/aromatic N) is 1. The largest absolute Gasteiger partial charge is 0.508 e. The molecule has 1 N–H and O–H groups in total. The molecule has 3 aromatic carbocycles. The molecule has 2 aromatic heterocycles. The monoisotopic (exact) mass is 353 g/mol. The number of hydrogen-bond donors (Lipinski definition) is 1. The molecule has 0 fully saturated rings. The molecule has 0 bridgehead atoms. The lowest BCUT2D eigenvalue weighted by atomic mass is 10.0. The molecular formula is C23H15NOS. The van der Waals surface area contributed by atoms with Crippen molar-refractivity contribution in [2.24, 2.45) is 0 Å².